The Balaban J connectivity index is 1.67. The Labute approximate surface area is 162 Å². The Hall–Kier alpha value is -4.40. The van der Waals surface area contributed by atoms with Crippen LogP contribution in [-0.4, -0.2) is 31.5 Å². The van der Waals surface area contributed by atoms with Crippen LogP contribution in [0.4, 0.5) is 5.82 Å². The third-order valence-electron chi connectivity index (χ3n) is 4.80. The molecule has 0 bridgehead atoms. The molecule has 29 heavy (non-hydrogen) atoms. The van der Waals surface area contributed by atoms with E-state index in [1.54, 1.807) is 42.5 Å². The molecule has 142 valence electrons. The first-order valence-electron chi connectivity index (χ1n) is 8.63. The number of nitrogens with one attached hydrogen (secondary N) is 2. The standard InChI is InChI=1S/C20H13N5O4/c21-17-16-12(19(28)24-20(16)29)8-15(27)25(17)10-4-5-13-14(7-10)23-18(22-13)9-2-1-3-11(26)6-9/h1-8,26H,21H2,(H,22,23)(H,24,28,29). The number of nitrogen functional groups attached to an aromatic ring is 1. The van der Waals surface area contributed by atoms with Gasteiger partial charge in [-0.25, -0.2) is 4.98 Å². The number of H-pyrrole nitrogens is 1. The fraction of sp³-hybridized carbons (Fsp3) is 0. The Morgan fingerprint density at radius 2 is 1.83 bits per heavy atom. The lowest BCUT2D eigenvalue weighted by atomic mass is 10.1. The molecule has 9 nitrogen and oxygen atoms in total. The minimum absolute atomic E-state index is 0.0141. The van der Waals surface area contributed by atoms with Crippen molar-refractivity contribution in [3.8, 4) is 22.8 Å². The van der Waals surface area contributed by atoms with Gasteiger partial charge < -0.3 is 15.8 Å². The molecule has 9 heteroatoms. The van der Waals surface area contributed by atoms with Crippen molar-refractivity contribution < 1.29 is 14.7 Å². The number of nitrogens with zero attached hydrogens (tertiary/aromatic N) is 2. The van der Waals surface area contributed by atoms with Gasteiger partial charge in [0.2, 0.25) is 0 Å². The maximum atomic E-state index is 12.6. The number of imide groups is 1. The van der Waals surface area contributed by atoms with Gasteiger partial charge in [-0.2, -0.15) is 0 Å². The number of imidazole rings is 1. The maximum Gasteiger partial charge on any atom is 0.262 e. The summed E-state index contributed by atoms with van der Waals surface area (Å²) in [4.78, 5) is 44.1. The summed E-state index contributed by atoms with van der Waals surface area (Å²) in [7, 11) is 0. The first-order valence-corrected chi connectivity index (χ1v) is 8.63. The van der Waals surface area contributed by atoms with Gasteiger partial charge >= 0.3 is 0 Å². The average Bonchev–Trinajstić information content (AvgIpc) is 3.22. The van der Waals surface area contributed by atoms with E-state index in [1.165, 1.54) is 4.57 Å². The molecule has 0 radical (unpaired) electrons. The maximum absolute atomic E-state index is 12.6. The number of rotatable bonds is 2. The highest BCUT2D eigenvalue weighted by molar-refractivity contribution is 6.23. The molecule has 5 rings (SSSR count). The monoisotopic (exact) mass is 387 g/mol. The van der Waals surface area contributed by atoms with Crippen LogP contribution >= 0.6 is 0 Å². The smallest absolute Gasteiger partial charge is 0.262 e. The van der Waals surface area contributed by atoms with Crippen molar-refractivity contribution in [2.45, 2.75) is 0 Å². The number of benzene rings is 2. The van der Waals surface area contributed by atoms with E-state index in [4.69, 9.17) is 5.73 Å². The van der Waals surface area contributed by atoms with Gasteiger partial charge in [0.05, 0.1) is 27.8 Å². The number of fused-ring (bicyclic) bond motifs is 2. The topological polar surface area (TPSA) is 143 Å². The Kier molecular flexibility index (Phi) is 3.35. The molecule has 0 atom stereocenters. The number of amides is 2. The largest absolute Gasteiger partial charge is 0.508 e. The van der Waals surface area contributed by atoms with E-state index >= 15 is 0 Å². The summed E-state index contributed by atoms with van der Waals surface area (Å²) < 4.78 is 1.17. The van der Waals surface area contributed by atoms with Gasteiger partial charge in [-0.05, 0) is 30.3 Å². The fourth-order valence-corrected chi connectivity index (χ4v) is 3.47. The number of nitrogens with two attached hydrogens (primary N) is 1. The molecular formula is C20H13N5O4. The van der Waals surface area contributed by atoms with Crippen molar-refractivity contribution in [2.75, 3.05) is 5.73 Å². The Morgan fingerprint density at radius 3 is 2.62 bits per heavy atom. The number of pyridine rings is 1. The zero-order valence-electron chi connectivity index (χ0n) is 14.8. The zero-order chi connectivity index (χ0) is 20.3. The van der Waals surface area contributed by atoms with Gasteiger partial charge in [-0.3, -0.25) is 24.3 Å². The quantitative estimate of drug-likeness (QED) is 0.384. The lowest BCUT2D eigenvalue weighted by Gasteiger charge is -2.11. The minimum atomic E-state index is -0.638. The van der Waals surface area contributed by atoms with Crippen LogP contribution in [0.25, 0.3) is 28.1 Å². The molecule has 0 spiro atoms. The highest BCUT2D eigenvalue weighted by Crippen LogP contribution is 2.27. The number of phenolic OH excluding ortho intramolecular Hbond substituents is 1. The molecule has 2 amide bonds. The number of hydrogen-bond donors (Lipinski definition) is 4. The number of aromatic nitrogens is 3. The molecule has 4 aromatic rings. The van der Waals surface area contributed by atoms with Crippen LogP contribution in [0.1, 0.15) is 20.7 Å². The molecule has 0 saturated heterocycles. The van der Waals surface area contributed by atoms with E-state index in [0.717, 1.165) is 6.07 Å². The molecule has 1 aliphatic heterocycles. The van der Waals surface area contributed by atoms with Gasteiger partial charge in [-0.15, -0.1) is 0 Å². The van der Waals surface area contributed by atoms with Gasteiger partial charge in [-0.1, -0.05) is 12.1 Å². The Bertz CT molecular complexity index is 1420. The number of anilines is 1. The second-order valence-electron chi connectivity index (χ2n) is 6.61. The van der Waals surface area contributed by atoms with Crippen molar-refractivity contribution in [3.63, 3.8) is 0 Å². The van der Waals surface area contributed by atoms with Crippen LogP contribution in [0, 0.1) is 0 Å². The lowest BCUT2D eigenvalue weighted by molar-refractivity contribution is 0.0880. The van der Waals surface area contributed by atoms with Crippen LogP contribution in [0.3, 0.4) is 0 Å². The summed E-state index contributed by atoms with van der Waals surface area (Å²) in [6.45, 7) is 0. The first-order chi connectivity index (χ1) is 13.9. The fourth-order valence-electron chi connectivity index (χ4n) is 3.47. The van der Waals surface area contributed by atoms with E-state index in [0.29, 0.717) is 28.1 Å². The predicted octanol–water partition coefficient (Wildman–Crippen LogP) is 1.55. The zero-order valence-corrected chi connectivity index (χ0v) is 14.8. The summed E-state index contributed by atoms with van der Waals surface area (Å²) >= 11 is 0. The number of hydrogen-bond acceptors (Lipinski definition) is 6. The van der Waals surface area contributed by atoms with Crippen molar-refractivity contribution in [1.29, 1.82) is 0 Å². The molecule has 1 aliphatic rings. The third kappa shape index (κ3) is 2.48. The Morgan fingerprint density at radius 1 is 1.00 bits per heavy atom. The van der Waals surface area contributed by atoms with Gasteiger partial charge in [0.25, 0.3) is 17.4 Å². The summed E-state index contributed by atoms with van der Waals surface area (Å²) in [6.07, 6.45) is 0. The van der Waals surface area contributed by atoms with Crippen LogP contribution < -0.4 is 16.6 Å². The average molecular weight is 387 g/mol. The van der Waals surface area contributed by atoms with Crippen LogP contribution in [0.15, 0.2) is 53.3 Å². The first kappa shape index (κ1) is 16.8. The van der Waals surface area contributed by atoms with Gasteiger partial charge in [0.15, 0.2) is 0 Å². The summed E-state index contributed by atoms with van der Waals surface area (Å²) in [5.41, 5.74) is 7.90. The van der Waals surface area contributed by atoms with E-state index in [9.17, 15) is 19.5 Å². The van der Waals surface area contributed by atoms with Crippen molar-refractivity contribution in [1.82, 2.24) is 19.9 Å². The molecule has 2 aromatic heterocycles. The summed E-state index contributed by atoms with van der Waals surface area (Å²) in [5, 5.41) is 11.8. The van der Waals surface area contributed by atoms with Gasteiger partial charge in [0.1, 0.15) is 17.4 Å². The van der Waals surface area contributed by atoms with E-state index in [1.807, 2.05) is 0 Å². The highest BCUT2D eigenvalue weighted by Gasteiger charge is 2.31. The minimum Gasteiger partial charge on any atom is -0.508 e. The van der Waals surface area contributed by atoms with Crippen LogP contribution in [-0.2, 0) is 0 Å². The number of aromatic amines is 1. The second-order valence-corrected chi connectivity index (χ2v) is 6.61. The second kappa shape index (κ2) is 5.80. The van der Waals surface area contributed by atoms with Gasteiger partial charge in [0, 0.05) is 11.6 Å². The van der Waals surface area contributed by atoms with Crippen molar-refractivity contribution in [2.24, 2.45) is 0 Å². The summed E-state index contributed by atoms with van der Waals surface area (Å²) in [6, 6.07) is 12.8. The normalized spacial score (nSPS) is 13.0. The van der Waals surface area contributed by atoms with Crippen LogP contribution in [0.5, 0.6) is 5.75 Å². The van der Waals surface area contributed by atoms with E-state index in [-0.39, 0.29) is 22.7 Å². The molecule has 0 aliphatic carbocycles. The molecule has 2 aromatic carbocycles. The molecule has 5 N–H and O–H groups in total. The lowest BCUT2D eigenvalue weighted by Crippen LogP contribution is -2.24. The number of carbonyl (C=O) groups excluding carboxylic acids is 2. The molecule has 0 unspecified atom stereocenters. The van der Waals surface area contributed by atoms with Crippen LogP contribution in [0.2, 0.25) is 0 Å². The molecule has 3 heterocycles. The number of carbonyl (C=O) groups is 2. The van der Waals surface area contributed by atoms with E-state index in [2.05, 4.69) is 15.3 Å². The molecular weight excluding hydrogens is 374 g/mol. The summed E-state index contributed by atoms with van der Waals surface area (Å²) in [5.74, 6) is -0.713. The molecule has 0 saturated carbocycles. The van der Waals surface area contributed by atoms with Crippen molar-refractivity contribution >= 4 is 28.7 Å². The number of aromatic hydroxyl groups is 1. The number of phenols is 1. The highest BCUT2D eigenvalue weighted by atomic mass is 16.3. The third-order valence-corrected chi connectivity index (χ3v) is 4.80. The molecule has 0 fully saturated rings. The SMILES string of the molecule is Nc1c2c(cc(=O)n1-c1ccc3nc(-c4cccc(O)c4)[nH]c3c1)C(=O)NC2=O. The van der Waals surface area contributed by atoms with E-state index < -0.39 is 17.4 Å². The van der Waals surface area contributed by atoms with Crippen molar-refractivity contribution in [3.05, 3.63) is 70.0 Å². The predicted molar refractivity (Wildman–Crippen MR) is 105 cm³/mol.